The number of aromatic nitrogens is 1. The van der Waals surface area contributed by atoms with Crippen LogP contribution in [0.1, 0.15) is 97.0 Å². The first-order chi connectivity index (χ1) is 51.3. The van der Waals surface area contributed by atoms with Crippen molar-refractivity contribution >= 4 is 64.1 Å². The molecule has 1 aromatic heterocycles. The molecule has 0 spiro atoms. The van der Waals surface area contributed by atoms with Crippen LogP contribution in [0.25, 0.3) is 10.9 Å². The van der Waals surface area contributed by atoms with Gasteiger partial charge in [0.1, 0.15) is 85.1 Å². The van der Waals surface area contributed by atoms with E-state index in [2.05, 4.69) is 47.9 Å². The Morgan fingerprint density at radius 2 is 0.841 bits per heavy atom. The molecule has 3 saturated heterocycles. The quantitative estimate of drug-likeness (QED) is 0.0274. The molecular formula is C68H112N10O29. The molecule has 608 valence electrons. The molecule has 0 bridgehead atoms. The highest BCUT2D eigenvalue weighted by Crippen LogP contribution is 2.27. The number of hydrogen-bond donors (Lipinski definition) is 20. The number of fused-ring (bicyclic) bond motifs is 1. The fraction of sp³-hybridized carbons (Fsp3) is 0.750. The van der Waals surface area contributed by atoms with Crippen molar-refractivity contribution in [1.82, 2.24) is 52.4 Å². The van der Waals surface area contributed by atoms with E-state index in [1.165, 1.54) is 20.8 Å². The third-order valence-corrected chi connectivity index (χ3v) is 17.6. The van der Waals surface area contributed by atoms with Crippen molar-refractivity contribution in [3.05, 3.63) is 36.0 Å². The summed E-state index contributed by atoms with van der Waals surface area (Å²) in [7, 11) is 0. The number of nitrogens with zero attached hydrogens (tertiary/aromatic N) is 1. The number of amides is 9. The van der Waals surface area contributed by atoms with Crippen molar-refractivity contribution in [2.24, 2.45) is 0 Å². The number of benzene rings is 1. The molecule has 107 heavy (non-hydrogen) atoms. The lowest BCUT2D eigenvalue weighted by molar-refractivity contribution is -0.272. The second-order valence-corrected chi connectivity index (χ2v) is 26.0. The Morgan fingerprint density at radius 1 is 0.458 bits per heavy atom. The zero-order valence-corrected chi connectivity index (χ0v) is 60.7. The SMILES string of the molecule is CC(=O)NC1C(OCCOCCNC(=O)CCC(NC(=O)CCC(NC(=O)CCCCCCC(=O)NCCCc2cn(CC(O)CO)c3ccccc23)C(=O)NCCOCCOC2OC(CO)C(O)C(O)C2NC(C)=O)C(=O)NCCOCCOC2OC(CO)C(O)C(O)C2NC(C)=O)OC(CO)C(O)C1O. The van der Waals surface area contributed by atoms with Crippen molar-refractivity contribution in [1.29, 1.82) is 0 Å². The number of nitrogens with one attached hydrogen (secondary N) is 9. The molecule has 9 amide bonds. The van der Waals surface area contributed by atoms with E-state index in [9.17, 15) is 99.3 Å². The van der Waals surface area contributed by atoms with E-state index in [0.717, 1.165) is 16.5 Å². The summed E-state index contributed by atoms with van der Waals surface area (Å²) in [6.07, 6.45) is -13.3. The number of rotatable bonds is 51. The van der Waals surface area contributed by atoms with Gasteiger partial charge in [0, 0.05) is 89.7 Å². The molecule has 0 aliphatic carbocycles. The van der Waals surface area contributed by atoms with Crippen LogP contribution >= 0.6 is 0 Å². The van der Waals surface area contributed by atoms with E-state index < -0.39 is 184 Å². The van der Waals surface area contributed by atoms with Crippen molar-refractivity contribution in [2.75, 3.05) is 112 Å². The normalized spacial score (nSPS) is 25.2. The Morgan fingerprint density at radius 3 is 1.26 bits per heavy atom. The molecule has 5 rings (SSSR count). The van der Waals surface area contributed by atoms with Crippen LogP contribution in [0.4, 0.5) is 0 Å². The summed E-state index contributed by atoms with van der Waals surface area (Å²) in [4.78, 5) is 116. The standard InChI is InChI=1S/C68H112N10O29/c1-39(83)73-55-61(94)58(91)48(36-80)105-66(55)102-30-27-99-24-21-70-52(88)18-16-45(64(97)71-22-25-100-28-31-103-67-56(74-40(2)84)62(95)59(92)49(37-81)106-67)77-54(90)19-17-46(65(98)72-23-26-101-29-32-104-68-57(75-41(3)85)63(96)60(93)50(38-82)107-68)76-53(89)15-7-5-4-6-14-51(87)69-20-10-11-42-33-78(34-43(86)35-79)47-13-9-8-12-44(42)47/h8-9,12-13,33,43,45-46,48-50,55-63,66-68,79-82,86,91-96H,4-7,10-11,14-32,34-38H2,1-3H3,(H,69,87)(H,70,88)(H,71,97)(H,72,98)(H,73,83)(H,74,84)(H,75,85)(H,76,89)(H,77,90). The van der Waals surface area contributed by atoms with Crippen LogP contribution in [0, 0.1) is 0 Å². The molecule has 0 saturated carbocycles. The molecule has 2 aromatic rings. The molecule has 18 unspecified atom stereocenters. The predicted molar refractivity (Wildman–Crippen MR) is 372 cm³/mol. The van der Waals surface area contributed by atoms with Gasteiger partial charge in [0.2, 0.25) is 53.2 Å². The highest BCUT2D eigenvalue weighted by molar-refractivity contribution is 5.90. The fourth-order valence-electron chi connectivity index (χ4n) is 12.0. The summed E-state index contributed by atoms with van der Waals surface area (Å²) >= 11 is 0. The van der Waals surface area contributed by atoms with Gasteiger partial charge in [-0.25, -0.2) is 0 Å². The van der Waals surface area contributed by atoms with Gasteiger partial charge < -0.3 is 151 Å². The molecule has 39 nitrogen and oxygen atoms in total. The van der Waals surface area contributed by atoms with Crippen molar-refractivity contribution in [3.63, 3.8) is 0 Å². The zero-order valence-electron chi connectivity index (χ0n) is 60.7. The maximum Gasteiger partial charge on any atom is 0.242 e. The molecule has 3 aliphatic heterocycles. The van der Waals surface area contributed by atoms with Crippen LogP contribution in [0.15, 0.2) is 30.5 Å². The number of aliphatic hydroxyl groups is 11. The topological polar surface area (TPSA) is 572 Å². The Hall–Kier alpha value is -6.81. The van der Waals surface area contributed by atoms with Crippen molar-refractivity contribution < 1.29 is 142 Å². The maximum absolute atomic E-state index is 13.8. The van der Waals surface area contributed by atoms with Crippen molar-refractivity contribution in [2.45, 2.75) is 214 Å². The number of hydrogen-bond acceptors (Lipinski definition) is 29. The molecule has 39 heteroatoms. The minimum atomic E-state index is -1.55. The molecular weight excluding hydrogens is 1420 g/mol. The molecule has 18 atom stereocenters. The van der Waals surface area contributed by atoms with Crippen LogP contribution in [-0.2, 0) is 98.7 Å². The van der Waals surface area contributed by atoms with Gasteiger partial charge in [0.05, 0.1) is 98.5 Å². The van der Waals surface area contributed by atoms with Gasteiger partial charge >= 0.3 is 0 Å². The summed E-state index contributed by atoms with van der Waals surface area (Å²) in [6, 6.07) is 1.51. The Bertz CT molecular complexity index is 3030. The molecule has 20 N–H and O–H groups in total. The largest absolute Gasteiger partial charge is 0.394 e. The summed E-state index contributed by atoms with van der Waals surface area (Å²) in [6.45, 7) is 0.568. The van der Waals surface area contributed by atoms with E-state index in [1.54, 1.807) is 0 Å². The number of para-hydroxylation sites is 1. The summed E-state index contributed by atoms with van der Waals surface area (Å²) < 4.78 is 52.3. The van der Waals surface area contributed by atoms with Gasteiger partial charge in [-0.1, -0.05) is 31.0 Å². The Kier molecular flexibility index (Phi) is 41.9. The highest BCUT2D eigenvalue weighted by atomic mass is 16.7. The second kappa shape index (κ2) is 49.4. The maximum atomic E-state index is 13.8. The van der Waals surface area contributed by atoms with E-state index in [1.807, 2.05) is 35.0 Å². The zero-order chi connectivity index (χ0) is 78.4. The first-order valence-electron chi connectivity index (χ1n) is 36.1. The lowest BCUT2D eigenvalue weighted by atomic mass is 9.97. The van der Waals surface area contributed by atoms with E-state index in [4.69, 9.17) is 42.6 Å². The highest BCUT2D eigenvalue weighted by Gasteiger charge is 2.48. The molecule has 3 aliphatic rings. The lowest BCUT2D eigenvalue weighted by Gasteiger charge is -2.42. The van der Waals surface area contributed by atoms with Crippen molar-refractivity contribution in [3.8, 4) is 0 Å². The number of carbonyl (C=O) groups excluding carboxylic acids is 9. The number of carbonyl (C=O) groups is 9. The number of ether oxygens (including phenoxy) is 9. The van der Waals surface area contributed by atoms with E-state index >= 15 is 0 Å². The fourth-order valence-corrected chi connectivity index (χ4v) is 12.0. The summed E-state index contributed by atoms with van der Waals surface area (Å²) in [5.74, 6) is -5.08. The number of unbranched alkanes of at least 4 members (excludes halogenated alkanes) is 3. The van der Waals surface area contributed by atoms with Gasteiger partial charge in [0.15, 0.2) is 18.9 Å². The van der Waals surface area contributed by atoms with Crippen LogP contribution in [0.2, 0.25) is 0 Å². The average Bonchev–Trinajstić information content (AvgIpc) is 1.79. The van der Waals surface area contributed by atoms with E-state index in [-0.39, 0.29) is 130 Å². The van der Waals surface area contributed by atoms with Gasteiger partial charge in [-0.3, -0.25) is 43.2 Å². The lowest BCUT2D eigenvalue weighted by Crippen LogP contribution is -2.64. The first-order valence-corrected chi connectivity index (χ1v) is 36.1. The first kappa shape index (κ1) is 90.8. The van der Waals surface area contributed by atoms with E-state index in [0.29, 0.717) is 45.1 Å². The third-order valence-electron chi connectivity index (χ3n) is 17.6. The van der Waals surface area contributed by atoms with Gasteiger partial charge in [-0.15, -0.1) is 0 Å². The summed E-state index contributed by atoms with van der Waals surface area (Å²) in [5, 5.41) is 136. The second-order valence-electron chi connectivity index (χ2n) is 26.0. The monoisotopic (exact) mass is 1530 g/mol. The van der Waals surface area contributed by atoms with Gasteiger partial charge in [0.25, 0.3) is 0 Å². The smallest absolute Gasteiger partial charge is 0.242 e. The Labute approximate surface area is 619 Å². The predicted octanol–water partition coefficient (Wildman–Crippen LogP) is -7.81. The molecule has 1 aromatic carbocycles. The molecule has 4 heterocycles. The molecule has 0 radical (unpaired) electrons. The van der Waals surface area contributed by atoms with Crippen LogP contribution < -0.4 is 47.9 Å². The average molecular weight is 1530 g/mol. The minimum Gasteiger partial charge on any atom is -0.394 e. The number of aryl methyl sites for hydroxylation is 1. The van der Waals surface area contributed by atoms with Crippen LogP contribution in [0.3, 0.4) is 0 Å². The molecule has 3 fully saturated rings. The number of aliphatic hydroxyl groups excluding tert-OH is 11. The summed E-state index contributed by atoms with van der Waals surface area (Å²) in [5.41, 5.74) is 1.98. The van der Waals surface area contributed by atoms with Gasteiger partial charge in [-0.2, -0.15) is 0 Å². The minimum absolute atomic E-state index is 0.0268. The van der Waals surface area contributed by atoms with Crippen LogP contribution in [0.5, 0.6) is 0 Å². The van der Waals surface area contributed by atoms with Crippen LogP contribution in [-0.4, -0.2) is 336 Å². The van der Waals surface area contributed by atoms with Gasteiger partial charge in [-0.05, 0) is 50.2 Å². The third kappa shape index (κ3) is 31.6. The Balaban J connectivity index is 1.15.